The van der Waals surface area contributed by atoms with E-state index in [4.69, 9.17) is 6.85 Å². The molecule has 7 aromatic rings. The Morgan fingerprint density at radius 3 is 2.18 bits per heavy atom. The SMILES string of the molecule is [2H]C([2H])([2H])c1c[c-]c(-c2cc[c]([Ge]([CH3])([CH3])[CH3])cn2)cc1CC(C)C.[2H]C([2H])(c1ccnc(-c2[c-]cc3sc4ccc(-c5ccccc5)cc4c3c2)c1)C(C)C.[Ir]. The van der Waals surface area contributed by atoms with E-state index < -0.39 is 26.5 Å². The molecule has 3 aromatic heterocycles. The number of hydrogen-bond acceptors (Lipinski definition) is 3. The van der Waals surface area contributed by atoms with Gasteiger partial charge in [-0.1, -0.05) is 67.3 Å². The van der Waals surface area contributed by atoms with Crippen molar-refractivity contribution >= 4 is 49.2 Å². The average molecular weight is 931 g/mol. The smallest absolute Gasteiger partial charge is 0.0318 e. The molecule has 0 aliphatic carbocycles. The molecule has 0 atom stereocenters. The Hall–Kier alpha value is -3.41. The fraction of sp³-hybridized carbons (Fsp3) is 0.261. The largest absolute Gasteiger partial charge is 0.305 e. The molecule has 0 fully saturated rings. The van der Waals surface area contributed by atoms with E-state index in [-0.39, 0.29) is 26.0 Å². The van der Waals surface area contributed by atoms with Crippen LogP contribution in [0.4, 0.5) is 0 Å². The summed E-state index contributed by atoms with van der Waals surface area (Å²) in [5, 5.41) is 2.41. The van der Waals surface area contributed by atoms with Gasteiger partial charge in [0.15, 0.2) is 0 Å². The van der Waals surface area contributed by atoms with E-state index in [0.717, 1.165) is 34.5 Å². The van der Waals surface area contributed by atoms with Crippen LogP contribution in [0.25, 0.3) is 53.8 Å². The maximum Gasteiger partial charge on any atom is 0.0318 e. The average Bonchev–Trinajstić information content (AvgIpc) is 3.52. The van der Waals surface area contributed by atoms with Crippen LogP contribution in [-0.2, 0) is 32.9 Å². The van der Waals surface area contributed by atoms with Crippen LogP contribution in [0, 0.1) is 30.8 Å². The minimum atomic E-state index is -2.10. The summed E-state index contributed by atoms with van der Waals surface area (Å²) in [4.78, 5) is 9.13. The van der Waals surface area contributed by atoms with E-state index in [1.807, 2.05) is 50.4 Å². The third kappa shape index (κ3) is 9.73. The molecule has 7 rings (SSSR count). The molecule has 51 heavy (non-hydrogen) atoms. The maximum absolute atomic E-state index is 8.43. The number of fused-ring (bicyclic) bond motifs is 3. The molecule has 3 heterocycles. The zero-order valence-electron chi connectivity index (χ0n) is 35.4. The third-order valence-electron chi connectivity index (χ3n) is 8.57. The van der Waals surface area contributed by atoms with Crippen LogP contribution in [0.15, 0.2) is 109 Å². The van der Waals surface area contributed by atoms with Crippen molar-refractivity contribution in [2.75, 3.05) is 0 Å². The Balaban J connectivity index is 0.000000218. The molecule has 2 nitrogen and oxygen atoms in total. The van der Waals surface area contributed by atoms with Gasteiger partial charge >= 0.3 is 136 Å². The van der Waals surface area contributed by atoms with Gasteiger partial charge in [0.1, 0.15) is 0 Å². The number of aryl methyl sites for hydroxylation is 1. The second kappa shape index (κ2) is 16.9. The fourth-order valence-corrected chi connectivity index (χ4v) is 9.19. The minimum Gasteiger partial charge on any atom is -0.305 e. The molecule has 5 heteroatoms. The molecule has 0 N–H and O–H groups in total. The summed E-state index contributed by atoms with van der Waals surface area (Å²) in [7, 11) is 0. The van der Waals surface area contributed by atoms with Gasteiger partial charge in [-0.2, -0.15) is 11.3 Å². The molecule has 0 spiro atoms. The first-order valence-corrected chi connectivity index (χ1v) is 25.5. The van der Waals surface area contributed by atoms with E-state index in [0.29, 0.717) is 17.0 Å². The van der Waals surface area contributed by atoms with E-state index in [2.05, 4.69) is 108 Å². The first-order valence-electron chi connectivity index (χ1n) is 19.8. The van der Waals surface area contributed by atoms with Gasteiger partial charge in [0.05, 0.1) is 0 Å². The van der Waals surface area contributed by atoms with Gasteiger partial charge in [-0.05, 0) is 57.4 Å². The van der Waals surface area contributed by atoms with Crippen molar-refractivity contribution in [2.24, 2.45) is 11.8 Å². The predicted molar refractivity (Wildman–Crippen MR) is 220 cm³/mol. The molecule has 0 aliphatic heterocycles. The summed E-state index contributed by atoms with van der Waals surface area (Å²) in [5.41, 5.74) is 7.70. The van der Waals surface area contributed by atoms with Crippen LogP contribution in [0.2, 0.25) is 17.3 Å². The van der Waals surface area contributed by atoms with Gasteiger partial charge in [-0.25, -0.2) is 0 Å². The third-order valence-corrected chi connectivity index (χ3v) is 14.0. The summed E-state index contributed by atoms with van der Waals surface area (Å²) in [6.07, 6.45) is 3.01. The number of nitrogens with zero attached hydrogens (tertiary/aromatic N) is 2. The van der Waals surface area contributed by atoms with E-state index in [9.17, 15) is 0 Å². The summed E-state index contributed by atoms with van der Waals surface area (Å²) >= 11 is -0.102. The van der Waals surface area contributed by atoms with Crippen LogP contribution >= 0.6 is 11.3 Å². The number of aromatic nitrogens is 2. The van der Waals surface area contributed by atoms with Crippen LogP contribution in [-0.4, -0.2) is 23.2 Å². The number of hydrogen-bond donors (Lipinski definition) is 0. The summed E-state index contributed by atoms with van der Waals surface area (Å²) in [5.74, 6) is 7.30. The minimum absolute atomic E-state index is 0. The molecule has 0 aliphatic rings. The summed E-state index contributed by atoms with van der Waals surface area (Å²) in [6, 6.07) is 39.1. The zero-order valence-corrected chi connectivity index (χ0v) is 35.7. The van der Waals surface area contributed by atoms with Crippen molar-refractivity contribution < 1.29 is 27.0 Å². The molecular weight excluding hydrogens is 877 g/mol. The van der Waals surface area contributed by atoms with Gasteiger partial charge in [0.25, 0.3) is 0 Å². The van der Waals surface area contributed by atoms with Crippen molar-refractivity contribution in [2.45, 2.75) is 64.6 Å². The van der Waals surface area contributed by atoms with Crippen LogP contribution in [0.5, 0.6) is 0 Å². The predicted octanol–water partition coefficient (Wildman–Crippen LogP) is 12.4. The molecule has 0 unspecified atom stereocenters. The number of rotatable bonds is 8. The molecule has 1 radical (unpaired) electrons. The zero-order chi connectivity index (χ0) is 39.7. The molecule has 0 bridgehead atoms. The number of thiophene rings is 1. The van der Waals surface area contributed by atoms with Gasteiger partial charge in [0, 0.05) is 33.7 Å². The second-order valence-corrected chi connectivity index (χ2v) is 26.3. The topological polar surface area (TPSA) is 25.8 Å². The molecule has 263 valence electrons. The normalized spacial score (nSPS) is 13.5. The van der Waals surface area contributed by atoms with E-state index >= 15 is 0 Å². The number of pyridine rings is 2. The second-order valence-electron chi connectivity index (χ2n) is 14.6. The van der Waals surface area contributed by atoms with E-state index in [1.54, 1.807) is 29.7 Å². The molecule has 4 aromatic carbocycles. The van der Waals surface area contributed by atoms with E-state index in [1.165, 1.54) is 35.7 Å². The fourth-order valence-electron chi connectivity index (χ4n) is 5.97. The Bertz CT molecular complexity index is 2420. The monoisotopic (exact) mass is 932 g/mol. The number of benzene rings is 4. The quantitative estimate of drug-likeness (QED) is 0.112. The van der Waals surface area contributed by atoms with Gasteiger partial charge in [0.2, 0.25) is 0 Å². The Labute approximate surface area is 332 Å². The standard InChI is InChI=1S/C27H22NS.C19H26GeN.Ir/c1-18(2)14-19-12-13-28-25(15-19)22-9-11-27-24(17-22)23-16-21(8-10-26(23)29-27)20-6-4-3-5-7-20;1-14(2)11-17-12-16(8-7-15(17)3)19-10-9-18(13-21-19)20(4,5)6;/h3-8,10-13,15-18H,14H2,1-2H3;7,9-10,12-14H,11H2,1-6H3;/q2*-1;/i14D2;3D3;. The van der Waals surface area contributed by atoms with Crippen LogP contribution in [0.1, 0.15) is 51.2 Å². The first-order chi connectivity index (χ1) is 25.9. The summed E-state index contributed by atoms with van der Waals surface area (Å²) < 4.78 is 43.9. The summed E-state index contributed by atoms with van der Waals surface area (Å²) in [6.45, 7) is 5.90. The van der Waals surface area contributed by atoms with Crippen molar-refractivity contribution in [3.05, 3.63) is 138 Å². The molecular formula is C46H48GeIrN2S-2. The van der Waals surface area contributed by atoms with Crippen molar-refractivity contribution in [3.8, 4) is 33.6 Å². The van der Waals surface area contributed by atoms with Crippen molar-refractivity contribution in [1.29, 1.82) is 0 Å². The molecule has 0 saturated heterocycles. The van der Waals surface area contributed by atoms with Gasteiger partial charge in [-0.15, -0.1) is 23.8 Å². The Morgan fingerprint density at radius 2 is 1.49 bits per heavy atom. The van der Waals surface area contributed by atoms with Gasteiger partial charge < -0.3 is 4.98 Å². The van der Waals surface area contributed by atoms with Crippen molar-refractivity contribution in [3.63, 3.8) is 0 Å². The Morgan fingerprint density at radius 1 is 0.745 bits per heavy atom. The molecule has 0 amide bonds. The van der Waals surface area contributed by atoms with Crippen molar-refractivity contribution in [1.82, 2.24) is 9.97 Å². The maximum atomic E-state index is 8.43. The Kier molecular flexibility index (Phi) is 10.7. The van der Waals surface area contributed by atoms with Crippen LogP contribution in [0.3, 0.4) is 0 Å². The van der Waals surface area contributed by atoms with Gasteiger partial charge in [-0.3, -0.25) is 0 Å². The van der Waals surface area contributed by atoms with Crippen LogP contribution < -0.4 is 4.40 Å². The first kappa shape index (κ1) is 32.3. The molecule has 0 saturated carbocycles.